The van der Waals surface area contributed by atoms with Crippen LogP contribution in [0.5, 0.6) is 0 Å². The molecule has 120 valence electrons. The van der Waals surface area contributed by atoms with Crippen molar-refractivity contribution in [2.24, 2.45) is 7.05 Å². The molecular formula is C16H24N3O2S+. The number of sulfonamides is 1. The van der Waals surface area contributed by atoms with Gasteiger partial charge in [0.05, 0.1) is 19.8 Å². The van der Waals surface area contributed by atoms with Crippen LogP contribution in [-0.4, -0.2) is 19.2 Å². The van der Waals surface area contributed by atoms with Crippen molar-refractivity contribution in [1.29, 1.82) is 0 Å². The van der Waals surface area contributed by atoms with Gasteiger partial charge in [-0.15, -0.1) is 0 Å². The van der Waals surface area contributed by atoms with Crippen LogP contribution < -0.4 is 9.29 Å². The Labute approximate surface area is 132 Å². The molecule has 0 saturated heterocycles. The first-order valence-electron chi connectivity index (χ1n) is 7.43. The van der Waals surface area contributed by atoms with Crippen LogP contribution in [0.2, 0.25) is 0 Å². The number of hydrogen-bond acceptors (Lipinski definition) is 2. The Morgan fingerprint density at radius 3 is 2.41 bits per heavy atom. The quantitative estimate of drug-likeness (QED) is 0.626. The van der Waals surface area contributed by atoms with Crippen LogP contribution in [-0.2, 0) is 30.0 Å². The fraction of sp³-hybridized carbons (Fsp3) is 0.438. The first kappa shape index (κ1) is 16.5. The highest BCUT2D eigenvalue weighted by atomic mass is 32.2. The SMILES string of the molecule is Cc1n(CCCCc2ccc(NS(C)(=O)=O)cc2)cc[n+]1C. The minimum atomic E-state index is -3.20. The van der Waals surface area contributed by atoms with Crippen molar-refractivity contribution in [3.63, 3.8) is 0 Å². The number of rotatable bonds is 7. The molecule has 0 radical (unpaired) electrons. The summed E-state index contributed by atoms with van der Waals surface area (Å²) in [5.74, 6) is 1.26. The zero-order chi connectivity index (χ0) is 16.2. The topological polar surface area (TPSA) is 55.0 Å². The van der Waals surface area contributed by atoms with Crippen molar-refractivity contribution >= 4 is 15.7 Å². The third-order valence-electron chi connectivity index (χ3n) is 3.77. The fourth-order valence-corrected chi connectivity index (χ4v) is 2.96. The summed E-state index contributed by atoms with van der Waals surface area (Å²) in [4.78, 5) is 0. The van der Waals surface area contributed by atoms with E-state index >= 15 is 0 Å². The summed E-state index contributed by atoms with van der Waals surface area (Å²) >= 11 is 0. The lowest BCUT2D eigenvalue weighted by atomic mass is 10.1. The number of nitrogens with zero attached hydrogens (tertiary/aromatic N) is 2. The zero-order valence-corrected chi connectivity index (χ0v) is 14.2. The maximum atomic E-state index is 11.1. The molecule has 0 atom stereocenters. The Balaban J connectivity index is 1.79. The molecule has 1 aromatic carbocycles. The van der Waals surface area contributed by atoms with Gasteiger partial charge in [0.2, 0.25) is 10.0 Å². The van der Waals surface area contributed by atoms with Crippen LogP contribution in [0, 0.1) is 6.92 Å². The highest BCUT2D eigenvalue weighted by molar-refractivity contribution is 7.92. The first-order valence-corrected chi connectivity index (χ1v) is 9.32. The van der Waals surface area contributed by atoms with Crippen molar-refractivity contribution < 1.29 is 13.0 Å². The maximum absolute atomic E-state index is 11.1. The van der Waals surface area contributed by atoms with Gasteiger partial charge in [0.1, 0.15) is 12.4 Å². The lowest BCUT2D eigenvalue weighted by Crippen LogP contribution is -2.29. The summed E-state index contributed by atoms with van der Waals surface area (Å²) in [7, 11) is -1.14. The molecular weight excluding hydrogens is 298 g/mol. The van der Waals surface area contributed by atoms with Gasteiger partial charge in [-0.05, 0) is 37.0 Å². The standard InChI is InChI=1S/C16H24N3O2S/c1-14-18(2)12-13-19(14)11-5-4-6-15-7-9-16(10-8-15)17-22(3,20)21/h7-10,12-13,17H,4-6,11H2,1-3H3/q+1. The Morgan fingerprint density at radius 2 is 1.86 bits per heavy atom. The normalized spacial score (nSPS) is 11.6. The van der Waals surface area contributed by atoms with Gasteiger partial charge in [0.15, 0.2) is 0 Å². The van der Waals surface area contributed by atoms with Gasteiger partial charge in [-0.25, -0.2) is 17.6 Å². The van der Waals surface area contributed by atoms with Crippen LogP contribution in [0.25, 0.3) is 0 Å². The lowest BCUT2D eigenvalue weighted by Gasteiger charge is -2.05. The second-order valence-corrected chi connectivity index (χ2v) is 7.43. The van der Waals surface area contributed by atoms with Crippen molar-refractivity contribution in [3.8, 4) is 0 Å². The summed E-state index contributed by atoms with van der Waals surface area (Å²) in [6.45, 7) is 3.15. The van der Waals surface area contributed by atoms with Crippen LogP contribution >= 0.6 is 0 Å². The van der Waals surface area contributed by atoms with Gasteiger partial charge in [0, 0.05) is 12.6 Å². The van der Waals surface area contributed by atoms with E-state index in [1.165, 1.54) is 11.4 Å². The Kier molecular flexibility index (Phi) is 5.24. The molecule has 1 aromatic heterocycles. The van der Waals surface area contributed by atoms with Gasteiger partial charge in [-0.3, -0.25) is 4.72 Å². The largest absolute Gasteiger partial charge is 0.284 e. The Bertz CT molecular complexity index is 718. The van der Waals surface area contributed by atoms with E-state index in [2.05, 4.69) is 40.2 Å². The molecule has 1 N–H and O–H groups in total. The number of aromatic nitrogens is 2. The van der Waals surface area contributed by atoms with Gasteiger partial charge < -0.3 is 0 Å². The smallest absolute Gasteiger partial charge is 0.253 e. The highest BCUT2D eigenvalue weighted by Crippen LogP contribution is 2.13. The molecule has 22 heavy (non-hydrogen) atoms. The van der Waals surface area contributed by atoms with E-state index in [9.17, 15) is 8.42 Å². The predicted molar refractivity (Wildman–Crippen MR) is 88.2 cm³/mol. The van der Waals surface area contributed by atoms with Crippen LogP contribution in [0.15, 0.2) is 36.7 Å². The molecule has 1 heterocycles. The molecule has 5 nitrogen and oxygen atoms in total. The molecule has 2 aromatic rings. The second kappa shape index (κ2) is 6.96. The number of benzene rings is 1. The average molecular weight is 322 g/mol. The van der Waals surface area contributed by atoms with E-state index < -0.39 is 10.0 Å². The zero-order valence-electron chi connectivity index (χ0n) is 13.4. The summed E-state index contributed by atoms with van der Waals surface area (Å²) in [6, 6.07) is 7.59. The van der Waals surface area contributed by atoms with Crippen molar-refractivity contribution in [2.45, 2.75) is 32.7 Å². The van der Waals surface area contributed by atoms with Crippen LogP contribution in [0.1, 0.15) is 24.2 Å². The summed E-state index contributed by atoms with van der Waals surface area (Å²) < 4.78 is 29.1. The molecule has 2 rings (SSSR count). The van der Waals surface area contributed by atoms with Crippen molar-refractivity contribution in [3.05, 3.63) is 48.0 Å². The number of aryl methyl sites for hydroxylation is 3. The van der Waals surface area contributed by atoms with E-state index in [1.807, 2.05) is 24.3 Å². The minimum Gasteiger partial charge on any atom is -0.284 e. The van der Waals surface area contributed by atoms with Crippen molar-refractivity contribution in [1.82, 2.24) is 4.57 Å². The summed E-state index contributed by atoms with van der Waals surface area (Å²) in [5, 5.41) is 0. The van der Waals surface area contributed by atoms with E-state index in [0.29, 0.717) is 5.69 Å². The Hall–Kier alpha value is -1.82. The number of unbranched alkanes of at least 4 members (excludes halogenated alkanes) is 1. The predicted octanol–water partition coefficient (Wildman–Crippen LogP) is 2.02. The average Bonchev–Trinajstić information content (AvgIpc) is 2.75. The van der Waals surface area contributed by atoms with Gasteiger partial charge in [-0.2, -0.15) is 0 Å². The van der Waals surface area contributed by atoms with Gasteiger partial charge in [-0.1, -0.05) is 12.1 Å². The molecule has 0 aliphatic rings. The number of anilines is 1. The van der Waals surface area contributed by atoms with Crippen molar-refractivity contribution in [2.75, 3.05) is 11.0 Å². The first-order chi connectivity index (χ1) is 10.3. The van der Waals surface area contributed by atoms with Gasteiger partial charge >= 0.3 is 0 Å². The number of imidazole rings is 1. The molecule has 0 fully saturated rings. The molecule has 0 unspecified atom stereocenters. The number of nitrogens with one attached hydrogen (secondary N) is 1. The van der Waals surface area contributed by atoms with E-state index in [0.717, 1.165) is 32.1 Å². The molecule has 6 heteroatoms. The maximum Gasteiger partial charge on any atom is 0.253 e. The van der Waals surface area contributed by atoms with E-state index in [1.54, 1.807) is 0 Å². The third-order valence-corrected chi connectivity index (χ3v) is 4.37. The second-order valence-electron chi connectivity index (χ2n) is 5.68. The minimum absolute atomic E-state index is 0.613. The van der Waals surface area contributed by atoms with Gasteiger partial charge in [0.25, 0.3) is 5.82 Å². The molecule has 0 aliphatic carbocycles. The molecule has 0 amide bonds. The van der Waals surface area contributed by atoms with Crippen LogP contribution in [0.3, 0.4) is 0 Å². The fourth-order valence-electron chi connectivity index (χ4n) is 2.40. The van der Waals surface area contributed by atoms with E-state index in [4.69, 9.17) is 0 Å². The molecule has 0 saturated carbocycles. The number of hydrogen-bond donors (Lipinski definition) is 1. The van der Waals surface area contributed by atoms with E-state index in [-0.39, 0.29) is 0 Å². The lowest BCUT2D eigenvalue weighted by molar-refractivity contribution is -0.677. The Morgan fingerprint density at radius 1 is 1.18 bits per heavy atom. The molecule has 0 bridgehead atoms. The summed E-state index contributed by atoms with van der Waals surface area (Å²) in [6.07, 6.45) is 8.58. The van der Waals surface area contributed by atoms with Crippen LogP contribution in [0.4, 0.5) is 5.69 Å². The third kappa shape index (κ3) is 4.87. The summed E-state index contributed by atoms with van der Waals surface area (Å²) in [5.41, 5.74) is 1.84. The molecule has 0 spiro atoms. The molecule has 0 aliphatic heterocycles. The monoisotopic (exact) mass is 322 g/mol. The highest BCUT2D eigenvalue weighted by Gasteiger charge is 2.07.